The van der Waals surface area contributed by atoms with Gasteiger partial charge < -0.3 is 10.6 Å². The number of nitrogens with one attached hydrogen (secondary N) is 2. The molecule has 2 aromatic rings. The van der Waals surface area contributed by atoms with Gasteiger partial charge in [-0.3, -0.25) is 9.59 Å². The topological polar surface area (TPSA) is 58.2 Å². The van der Waals surface area contributed by atoms with Crippen LogP contribution >= 0.6 is 11.3 Å². The van der Waals surface area contributed by atoms with Crippen LogP contribution in [0.15, 0.2) is 36.9 Å². The van der Waals surface area contributed by atoms with Gasteiger partial charge in [0.15, 0.2) is 0 Å². The summed E-state index contributed by atoms with van der Waals surface area (Å²) in [5.41, 5.74) is 3.29. The molecule has 5 heteroatoms. The fourth-order valence-corrected chi connectivity index (χ4v) is 4.60. The maximum atomic E-state index is 12.8. The molecule has 0 atom stereocenters. The fraction of sp³-hybridized carbons (Fsp3) is 0.333. The third kappa shape index (κ3) is 3.88. The van der Waals surface area contributed by atoms with E-state index in [9.17, 15) is 9.59 Å². The molecule has 0 spiro atoms. The van der Waals surface area contributed by atoms with Crippen LogP contribution in [0.3, 0.4) is 0 Å². The Morgan fingerprint density at radius 3 is 2.69 bits per heavy atom. The third-order valence-corrected chi connectivity index (χ3v) is 5.88. The van der Waals surface area contributed by atoms with Gasteiger partial charge in [-0.05, 0) is 49.8 Å². The van der Waals surface area contributed by atoms with Gasteiger partial charge >= 0.3 is 0 Å². The minimum Gasteiger partial charge on any atom is -0.348 e. The first-order valence-electron chi connectivity index (χ1n) is 9.02. The van der Waals surface area contributed by atoms with Gasteiger partial charge in [-0.25, -0.2) is 0 Å². The number of benzene rings is 1. The van der Waals surface area contributed by atoms with Crippen LogP contribution < -0.4 is 10.6 Å². The van der Waals surface area contributed by atoms with Gasteiger partial charge in [0.25, 0.3) is 11.8 Å². The van der Waals surface area contributed by atoms with E-state index in [2.05, 4.69) is 17.2 Å². The summed E-state index contributed by atoms with van der Waals surface area (Å²) < 4.78 is 0. The fourth-order valence-electron chi connectivity index (χ4n) is 3.32. The third-order valence-electron chi connectivity index (χ3n) is 4.67. The standard InChI is InChI=1S/C21H24N2O2S/c1-3-13-22-20(25)18-16-11-5-4-6-12-17(16)26-21(18)23-19(24)15-10-8-7-9-14(15)2/h3,7-10H,1,4-6,11-13H2,2H3,(H,22,25)(H,23,24). The second kappa shape index (κ2) is 8.32. The maximum absolute atomic E-state index is 12.8. The Morgan fingerprint density at radius 1 is 1.15 bits per heavy atom. The zero-order chi connectivity index (χ0) is 18.5. The average Bonchev–Trinajstić information content (AvgIpc) is 2.81. The van der Waals surface area contributed by atoms with E-state index in [1.807, 2.05) is 25.1 Å². The number of anilines is 1. The highest BCUT2D eigenvalue weighted by Crippen LogP contribution is 2.37. The van der Waals surface area contributed by atoms with E-state index in [1.165, 1.54) is 11.3 Å². The number of hydrogen-bond donors (Lipinski definition) is 2. The monoisotopic (exact) mass is 368 g/mol. The van der Waals surface area contributed by atoms with Crippen LogP contribution in [-0.2, 0) is 12.8 Å². The summed E-state index contributed by atoms with van der Waals surface area (Å²) in [6.07, 6.45) is 6.92. The molecule has 2 amide bonds. The van der Waals surface area contributed by atoms with Crippen molar-refractivity contribution in [1.29, 1.82) is 0 Å². The first-order valence-corrected chi connectivity index (χ1v) is 9.84. The van der Waals surface area contributed by atoms with Crippen molar-refractivity contribution in [3.05, 3.63) is 64.1 Å². The number of carbonyl (C=O) groups is 2. The Morgan fingerprint density at radius 2 is 1.92 bits per heavy atom. The van der Waals surface area contributed by atoms with Crippen LogP contribution in [0.4, 0.5) is 5.00 Å². The van der Waals surface area contributed by atoms with E-state index < -0.39 is 0 Å². The molecule has 1 aliphatic carbocycles. The van der Waals surface area contributed by atoms with Crippen molar-refractivity contribution < 1.29 is 9.59 Å². The van der Waals surface area contributed by atoms with Gasteiger partial charge in [-0.15, -0.1) is 17.9 Å². The summed E-state index contributed by atoms with van der Waals surface area (Å²) in [7, 11) is 0. The molecule has 0 saturated carbocycles. The van der Waals surface area contributed by atoms with E-state index in [0.717, 1.165) is 36.8 Å². The molecule has 0 radical (unpaired) electrons. The molecule has 26 heavy (non-hydrogen) atoms. The van der Waals surface area contributed by atoms with Crippen molar-refractivity contribution in [3.63, 3.8) is 0 Å². The van der Waals surface area contributed by atoms with Crippen LogP contribution in [0.5, 0.6) is 0 Å². The minimum atomic E-state index is -0.169. The number of carbonyl (C=O) groups excluding carboxylic acids is 2. The van der Waals surface area contributed by atoms with Crippen molar-refractivity contribution in [1.82, 2.24) is 5.32 Å². The van der Waals surface area contributed by atoms with Gasteiger partial charge in [0.05, 0.1) is 5.56 Å². The molecule has 3 rings (SSSR count). The lowest BCUT2D eigenvalue weighted by molar-refractivity contribution is 0.0958. The second-order valence-electron chi connectivity index (χ2n) is 6.54. The Labute approximate surface area is 158 Å². The Bertz CT molecular complexity index is 839. The summed E-state index contributed by atoms with van der Waals surface area (Å²) in [5.74, 6) is -0.304. The van der Waals surface area contributed by atoms with Gasteiger partial charge in [0.2, 0.25) is 0 Å². The molecule has 136 valence electrons. The van der Waals surface area contributed by atoms with Crippen LogP contribution in [0.1, 0.15) is 56.0 Å². The quantitative estimate of drug-likeness (QED) is 0.603. The molecule has 0 fully saturated rings. The second-order valence-corrected chi connectivity index (χ2v) is 7.64. The Kier molecular flexibility index (Phi) is 5.89. The molecule has 0 unspecified atom stereocenters. The van der Waals surface area contributed by atoms with Gasteiger partial charge in [0, 0.05) is 17.0 Å². The van der Waals surface area contributed by atoms with Crippen molar-refractivity contribution in [2.24, 2.45) is 0 Å². The molecular formula is C21H24N2O2S. The first kappa shape index (κ1) is 18.4. The number of thiophene rings is 1. The lowest BCUT2D eigenvalue weighted by atomic mass is 10.0. The van der Waals surface area contributed by atoms with Gasteiger partial charge in [0.1, 0.15) is 5.00 Å². The van der Waals surface area contributed by atoms with Crippen LogP contribution in [0.25, 0.3) is 0 Å². The molecule has 0 bridgehead atoms. The van der Waals surface area contributed by atoms with Crippen LogP contribution in [-0.4, -0.2) is 18.4 Å². The molecule has 4 nitrogen and oxygen atoms in total. The van der Waals surface area contributed by atoms with E-state index >= 15 is 0 Å². The molecule has 2 N–H and O–H groups in total. The van der Waals surface area contributed by atoms with Gasteiger partial charge in [-0.2, -0.15) is 0 Å². The maximum Gasteiger partial charge on any atom is 0.256 e. The SMILES string of the molecule is C=CCNC(=O)c1c(NC(=O)c2ccccc2C)sc2c1CCCCC2. The normalized spacial score (nSPS) is 13.4. The molecule has 1 aliphatic rings. The summed E-state index contributed by atoms with van der Waals surface area (Å²) in [4.78, 5) is 26.7. The summed E-state index contributed by atoms with van der Waals surface area (Å²) >= 11 is 1.55. The van der Waals surface area contributed by atoms with E-state index in [1.54, 1.807) is 23.5 Å². The lowest BCUT2D eigenvalue weighted by Crippen LogP contribution is -2.25. The van der Waals surface area contributed by atoms with Crippen LogP contribution in [0.2, 0.25) is 0 Å². The van der Waals surface area contributed by atoms with Crippen molar-refractivity contribution >= 4 is 28.2 Å². The van der Waals surface area contributed by atoms with E-state index in [-0.39, 0.29) is 11.8 Å². The summed E-state index contributed by atoms with van der Waals surface area (Å²) in [6.45, 7) is 5.98. The van der Waals surface area contributed by atoms with Crippen molar-refractivity contribution in [2.75, 3.05) is 11.9 Å². The van der Waals surface area contributed by atoms with Crippen LogP contribution in [0, 0.1) is 6.92 Å². The predicted molar refractivity (Wildman–Crippen MR) is 107 cm³/mol. The van der Waals surface area contributed by atoms with E-state index in [4.69, 9.17) is 0 Å². The number of amides is 2. The first-order chi connectivity index (χ1) is 12.6. The average molecular weight is 369 g/mol. The lowest BCUT2D eigenvalue weighted by Gasteiger charge is -2.10. The molecule has 0 aliphatic heterocycles. The number of rotatable bonds is 5. The molecule has 1 heterocycles. The number of hydrogen-bond acceptors (Lipinski definition) is 3. The molecule has 0 saturated heterocycles. The van der Waals surface area contributed by atoms with Crippen molar-refractivity contribution in [3.8, 4) is 0 Å². The molecule has 1 aromatic heterocycles. The zero-order valence-electron chi connectivity index (χ0n) is 15.1. The molecule has 1 aromatic carbocycles. The highest BCUT2D eigenvalue weighted by Gasteiger charge is 2.25. The predicted octanol–water partition coefficient (Wildman–Crippen LogP) is 4.49. The van der Waals surface area contributed by atoms with E-state index in [0.29, 0.717) is 22.7 Å². The Balaban J connectivity index is 1.95. The van der Waals surface area contributed by atoms with Crippen molar-refractivity contribution in [2.45, 2.75) is 39.0 Å². The minimum absolute atomic E-state index is 0.135. The zero-order valence-corrected chi connectivity index (χ0v) is 15.9. The number of aryl methyl sites for hydroxylation is 2. The highest BCUT2D eigenvalue weighted by atomic mass is 32.1. The highest BCUT2D eigenvalue weighted by molar-refractivity contribution is 7.17. The summed E-state index contributed by atoms with van der Waals surface area (Å²) in [5, 5.41) is 6.52. The smallest absolute Gasteiger partial charge is 0.256 e. The Hall–Kier alpha value is -2.40. The largest absolute Gasteiger partial charge is 0.348 e. The summed E-state index contributed by atoms with van der Waals surface area (Å²) in [6, 6.07) is 7.48. The van der Waals surface area contributed by atoms with Gasteiger partial charge in [-0.1, -0.05) is 30.7 Å². The molecular weight excluding hydrogens is 344 g/mol. The number of fused-ring (bicyclic) bond motifs is 1.